The number of hydrogen-bond acceptors (Lipinski definition) is 10. The number of aromatic nitrogens is 1. The number of nitrogens with zero attached hydrogens (tertiary/aromatic N) is 3. The van der Waals surface area contributed by atoms with Crippen molar-refractivity contribution in [1.82, 2.24) is 4.57 Å². The van der Waals surface area contributed by atoms with E-state index in [1.165, 1.54) is 17.7 Å². The van der Waals surface area contributed by atoms with Crippen molar-refractivity contribution in [3.8, 4) is 17.1 Å². The van der Waals surface area contributed by atoms with E-state index in [2.05, 4.69) is 0 Å². The summed E-state index contributed by atoms with van der Waals surface area (Å²) >= 11 is 2.75. The first kappa shape index (κ1) is 30.8. The van der Waals surface area contributed by atoms with Gasteiger partial charge in [0.25, 0.3) is 11.2 Å². The second-order valence-corrected chi connectivity index (χ2v) is 11.9. The summed E-state index contributed by atoms with van der Waals surface area (Å²) in [6.45, 7) is 1.89. The van der Waals surface area contributed by atoms with Crippen molar-refractivity contribution in [3.63, 3.8) is 0 Å². The number of carbonyl (C=O) groups excluding carboxylic acids is 1. The Hall–Kier alpha value is -5.20. The van der Waals surface area contributed by atoms with Crippen molar-refractivity contribution in [2.24, 2.45) is 4.99 Å². The fourth-order valence-electron chi connectivity index (χ4n) is 5.24. The van der Waals surface area contributed by atoms with Crippen LogP contribution in [0.1, 0.15) is 29.9 Å². The van der Waals surface area contributed by atoms with E-state index in [-0.39, 0.29) is 34.8 Å². The van der Waals surface area contributed by atoms with Crippen LogP contribution in [0.3, 0.4) is 0 Å². The molecule has 10 nitrogen and oxygen atoms in total. The first-order valence-electron chi connectivity index (χ1n) is 14.2. The molecule has 0 radical (unpaired) electrons. The van der Waals surface area contributed by atoms with E-state index in [1.54, 1.807) is 49.0 Å². The lowest BCUT2D eigenvalue weighted by Gasteiger charge is -2.26. The Balaban J connectivity index is 1.53. The highest BCUT2D eigenvalue weighted by atomic mass is 32.2. The predicted octanol–water partition coefficient (Wildman–Crippen LogP) is 5.83. The topological polar surface area (TPSA) is 126 Å². The standard InChI is InChI=1S/C34H27N3O7S2/c1-4-43-33(39)29-30(20-8-6-5-7-9-20)35-34-36(31(29)21-10-14-24(45-3)15-11-21)32(38)28(46-34)19-23-13-17-27(44-23)25-16-12-22(42-2)18-26(25)37(40)41/h5-19,31H,4H2,1-3H3/b28-19-/t31-/m1/s1. The summed E-state index contributed by atoms with van der Waals surface area (Å²) in [6.07, 6.45) is 3.55. The molecule has 0 amide bonds. The second kappa shape index (κ2) is 13.0. The molecule has 12 heteroatoms. The lowest BCUT2D eigenvalue weighted by Crippen LogP contribution is -2.40. The second-order valence-electron chi connectivity index (χ2n) is 10.0. The van der Waals surface area contributed by atoms with Crippen LogP contribution >= 0.6 is 23.1 Å². The summed E-state index contributed by atoms with van der Waals surface area (Å²) in [4.78, 5) is 45.3. The average Bonchev–Trinajstić information content (AvgIpc) is 3.67. The van der Waals surface area contributed by atoms with Gasteiger partial charge in [-0.3, -0.25) is 19.5 Å². The van der Waals surface area contributed by atoms with Gasteiger partial charge in [0.05, 0.1) is 52.1 Å². The first-order valence-corrected chi connectivity index (χ1v) is 16.2. The predicted molar refractivity (Wildman–Crippen MR) is 177 cm³/mol. The average molecular weight is 654 g/mol. The maximum Gasteiger partial charge on any atom is 0.338 e. The Morgan fingerprint density at radius 2 is 1.87 bits per heavy atom. The Kier molecular flexibility index (Phi) is 8.73. The summed E-state index contributed by atoms with van der Waals surface area (Å²) in [7, 11) is 1.43. The van der Waals surface area contributed by atoms with Crippen molar-refractivity contribution in [3.05, 3.63) is 137 Å². The zero-order valence-corrected chi connectivity index (χ0v) is 26.6. The molecule has 0 aliphatic carbocycles. The summed E-state index contributed by atoms with van der Waals surface area (Å²) in [5.41, 5.74) is 1.85. The molecule has 0 fully saturated rings. The van der Waals surface area contributed by atoms with Gasteiger partial charge < -0.3 is 13.9 Å². The van der Waals surface area contributed by atoms with Crippen molar-refractivity contribution in [2.75, 3.05) is 20.0 Å². The van der Waals surface area contributed by atoms with E-state index in [4.69, 9.17) is 18.9 Å². The molecule has 232 valence electrons. The van der Waals surface area contributed by atoms with E-state index in [0.717, 1.165) is 21.8 Å². The van der Waals surface area contributed by atoms with E-state index in [9.17, 15) is 19.7 Å². The minimum Gasteiger partial charge on any atom is -0.497 e. The molecule has 0 saturated carbocycles. The molecule has 46 heavy (non-hydrogen) atoms. The fraction of sp³-hybridized carbons (Fsp3) is 0.147. The zero-order valence-electron chi connectivity index (χ0n) is 25.0. The molecule has 2 aromatic heterocycles. The summed E-state index contributed by atoms with van der Waals surface area (Å²) in [6, 6.07) is 24.0. The van der Waals surface area contributed by atoms with Gasteiger partial charge in [-0.05, 0) is 55.1 Å². The zero-order chi connectivity index (χ0) is 32.4. The quantitative estimate of drug-likeness (QED) is 0.0842. The van der Waals surface area contributed by atoms with Crippen molar-refractivity contribution in [2.45, 2.75) is 17.9 Å². The van der Waals surface area contributed by atoms with E-state index in [0.29, 0.717) is 32.1 Å². The number of nitro benzene ring substituents is 1. The van der Waals surface area contributed by atoms with Crippen LogP contribution in [0.4, 0.5) is 5.69 Å². The van der Waals surface area contributed by atoms with E-state index in [1.807, 2.05) is 60.9 Å². The van der Waals surface area contributed by atoms with Gasteiger partial charge in [-0.1, -0.05) is 53.8 Å². The van der Waals surface area contributed by atoms with E-state index < -0.39 is 16.9 Å². The third-order valence-electron chi connectivity index (χ3n) is 7.37. The molecule has 5 aromatic rings. The molecule has 3 heterocycles. The molecule has 1 atom stereocenters. The number of hydrogen-bond donors (Lipinski definition) is 0. The fourth-order valence-corrected chi connectivity index (χ4v) is 6.63. The molecule has 0 N–H and O–H groups in total. The van der Waals surface area contributed by atoms with Crippen LogP contribution < -0.4 is 19.6 Å². The molecule has 0 spiro atoms. The van der Waals surface area contributed by atoms with Gasteiger partial charge in [0, 0.05) is 16.5 Å². The van der Waals surface area contributed by atoms with Crippen molar-refractivity contribution < 1.29 is 23.6 Å². The van der Waals surface area contributed by atoms with E-state index >= 15 is 0 Å². The number of methoxy groups -OCH3 is 1. The molecule has 6 rings (SSSR count). The molecule has 0 saturated heterocycles. The van der Waals surface area contributed by atoms with Crippen LogP contribution in [0.2, 0.25) is 0 Å². The SMILES string of the molecule is CCOC(=O)C1=C(c2ccccc2)N=c2s/c(=C\c3ccc(-c4ccc(OC)cc4[N+](=O)[O-])o3)c(=O)n2[C@@H]1c1ccc(SC)cc1. The number of esters is 1. The number of benzene rings is 3. The number of rotatable bonds is 9. The molecule has 1 aliphatic heterocycles. The molecule has 3 aromatic carbocycles. The molecule has 1 aliphatic rings. The lowest BCUT2D eigenvalue weighted by molar-refractivity contribution is -0.384. The van der Waals surface area contributed by atoms with Gasteiger partial charge in [-0.2, -0.15) is 0 Å². The number of carbonyl (C=O) groups is 1. The number of thioether (sulfide) groups is 1. The lowest BCUT2D eigenvalue weighted by atomic mass is 9.93. The third-order valence-corrected chi connectivity index (χ3v) is 9.10. The summed E-state index contributed by atoms with van der Waals surface area (Å²) in [5, 5.41) is 11.8. The van der Waals surface area contributed by atoms with Gasteiger partial charge in [-0.15, -0.1) is 11.8 Å². The smallest absolute Gasteiger partial charge is 0.338 e. The monoisotopic (exact) mass is 653 g/mol. The molecule has 0 unspecified atom stereocenters. The van der Waals surface area contributed by atoms with Crippen LogP contribution in [0, 0.1) is 10.1 Å². The number of ether oxygens (including phenoxy) is 2. The van der Waals surface area contributed by atoms with Gasteiger partial charge in [0.15, 0.2) is 4.80 Å². The highest BCUT2D eigenvalue weighted by Gasteiger charge is 2.35. The number of fused-ring (bicyclic) bond motifs is 1. The Morgan fingerprint density at radius 3 is 2.54 bits per heavy atom. The molecular formula is C34H27N3O7S2. The van der Waals surface area contributed by atoms with Gasteiger partial charge in [0.2, 0.25) is 0 Å². The Bertz CT molecular complexity index is 2160. The van der Waals surface area contributed by atoms with Crippen LogP contribution in [-0.4, -0.2) is 35.4 Å². The Morgan fingerprint density at radius 1 is 1.11 bits per heavy atom. The summed E-state index contributed by atoms with van der Waals surface area (Å²) < 4.78 is 18.5. The van der Waals surface area contributed by atoms with Crippen LogP contribution in [0.25, 0.3) is 23.1 Å². The minimum atomic E-state index is -0.808. The Labute approximate surface area is 271 Å². The largest absolute Gasteiger partial charge is 0.497 e. The number of thiazole rings is 1. The van der Waals surface area contributed by atoms with Crippen molar-refractivity contribution in [1.29, 1.82) is 0 Å². The number of nitro groups is 1. The van der Waals surface area contributed by atoms with Crippen molar-refractivity contribution >= 4 is 46.5 Å². The van der Waals surface area contributed by atoms with Crippen LogP contribution in [0.15, 0.2) is 110 Å². The van der Waals surface area contributed by atoms with Crippen LogP contribution in [0.5, 0.6) is 5.75 Å². The minimum absolute atomic E-state index is 0.153. The maximum atomic E-state index is 14.1. The van der Waals surface area contributed by atoms with Crippen LogP contribution in [-0.2, 0) is 9.53 Å². The normalized spacial score (nSPS) is 14.5. The maximum absolute atomic E-state index is 14.1. The first-order chi connectivity index (χ1) is 22.3. The highest BCUT2D eigenvalue weighted by Crippen LogP contribution is 2.36. The summed E-state index contributed by atoms with van der Waals surface area (Å²) in [5.74, 6) is 0.364. The third kappa shape index (κ3) is 5.80. The number of furan rings is 1. The van der Waals surface area contributed by atoms with Gasteiger partial charge >= 0.3 is 5.97 Å². The molecule has 0 bridgehead atoms. The molecular weight excluding hydrogens is 627 g/mol. The van der Waals surface area contributed by atoms with Gasteiger partial charge in [-0.25, -0.2) is 9.79 Å². The van der Waals surface area contributed by atoms with Gasteiger partial charge in [0.1, 0.15) is 17.3 Å². The highest BCUT2D eigenvalue weighted by molar-refractivity contribution is 7.98.